The van der Waals surface area contributed by atoms with Crippen molar-refractivity contribution in [2.24, 2.45) is 0 Å². The number of hydrogen-bond donors (Lipinski definition) is 3. The minimum Gasteiger partial charge on any atom is -0.506 e. The number of nitrogens with one attached hydrogen (secondary N) is 1. The number of benzene rings is 1. The number of halogens is 1. The average molecular weight is 302 g/mol. The molecule has 1 aromatic carbocycles. The molecule has 0 heterocycles. The smallest absolute Gasteiger partial charge is 0.335 e. The lowest BCUT2D eigenvalue weighted by molar-refractivity contribution is -0.115. The van der Waals surface area contributed by atoms with Gasteiger partial charge in [0.25, 0.3) is 0 Å². The van der Waals surface area contributed by atoms with Crippen molar-refractivity contribution in [3.8, 4) is 5.75 Å². The number of hydrogen-bond acceptors (Lipinski definition) is 3. The highest BCUT2D eigenvalue weighted by atomic mass is 79.9. The van der Waals surface area contributed by atoms with Crippen LogP contribution in [-0.2, 0) is 4.79 Å². The van der Waals surface area contributed by atoms with Gasteiger partial charge < -0.3 is 15.5 Å². The number of phenolic OH excluding ortho intramolecular Hbond substituents is 1. The normalized spacial score (nSPS) is 11.9. The molecule has 0 aliphatic heterocycles. The largest absolute Gasteiger partial charge is 0.506 e. The first-order valence-corrected chi connectivity index (χ1v) is 5.88. The molecule has 5 nitrogen and oxygen atoms in total. The number of alkyl halides is 1. The molecular weight excluding hydrogens is 290 g/mol. The quantitative estimate of drug-likeness (QED) is 0.588. The first kappa shape index (κ1) is 13.5. The van der Waals surface area contributed by atoms with E-state index in [0.29, 0.717) is 6.42 Å². The third-order valence-corrected chi connectivity index (χ3v) is 3.21. The van der Waals surface area contributed by atoms with Crippen LogP contribution in [0.15, 0.2) is 18.2 Å². The molecule has 0 aromatic heterocycles. The number of phenols is 1. The van der Waals surface area contributed by atoms with Gasteiger partial charge in [0, 0.05) is 0 Å². The molecule has 0 saturated carbocycles. The fourth-order valence-corrected chi connectivity index (χ4v) is 1.28. The molecule has 92 valence electrons. The Morgan fingerprint density at radius 2 is 2.12 bits per heavy atom. The molecule has 3 N–H and O–H groups in total. The summed E-state index contributed by atoms with van der Waals surface area (Å²) in [5.41, 5.74) is 0.0912. The molecule has 1 amide bonds. The van der Waals surface area contributed by atoms with Gasteiger partial charge in [0.05, 0.1) is 16.1 Å². The third-order valence-electron chi connectivity index (χ3n) is 2.14. The minimum absolute atomic E-state index is 0.000668. The van der Waals surface area contributed by atoms with E-state index in [1.165, 1.54) is 18.2 Å². The van der Waals surface area contributed by atoms with Crippen LogP contribution in [0, 0.1) is 0 Å². The van der Waals surface area contributed by atoms with E-state index in [1.807, 2.05) is 6.92 Å². The first-order chi connectivity index (χ1) is 7.95. The van der Waals surface area contributed by atoms with E-state index >= 15 is 0 Å². The lowest BCUT2D eigenvalue weighted by Crippen LogP contribution is -2.22. The number of carboxylic acid groups (broad SMARTS) is 1. The molecule has 1 aromatic rings. The molecular formula is C11H12BrNO4. The summed E-state index contributed by atoms with van der Waals surface area (Å²) in [5.74, 6) is -1.61. The van der Waals surface area contributed by atoms with Gasteiger partial charge in [-0.1, -0.05) is 22.9 Å². The molecule has 0 aliphatic carbocycles. The first-order valence-electron chi connectivity index (χ1n) is 4.97. The Morgan fingerprint density at radius 1 is 1.47 bits per heavy atom. The van der Waals surface area contributed by atoms with E-state index in [4.69, 9.17) is 5.11 Å². The van der Waals surface area contributed by atoms with Gasteiger partial charge in [-0.15, -0.1) is 0 Å². The Balaban J connectivity index is 2.94. The van der Waals surface area contributed by atoms with Crippen LogP contribution in [0.4, 0.5) is 5.69 Å². The molecule has 0 saturated heterocycles. The highest BCUT2D eigenvalue weighted by Crippen LogP contribution is 2.25. The standard InChI is InChI=1S/C11H12BrNO4/c1-2-7(12)10(15)13-8-5-6(11(16)17)3-4-9(8)14/h3-5,7,14H,2H2,1H3,(H,13,15)(H,16,17). The van der Waals surface area contributed by atoms with Gasteiger partial charge >= 0.3 is 5.97 Å². The van der Waals surface area contributed by atoms with Crippen molar-refractivity contribution in [1.82, 2.24) is 0 Å². The average Bonchev–Trinajstić information content (AvgIpc) is 2.30. The van der Waals surface area contributed by atoms with Gasteiger partial charge in [-0.2, -0.15) is 0 Å². The number of carbonyl (C=O) groups is 2. The molecule has 0 radical (unpaired) electrons. The van der Waals surface area contributed by atoms with E-state index in [0.717, 1.165) is 0 Å². The molecule has 1 unspecified atom stereocenters. The monoisotopic (exact) mass is 301 g/mol. The fourth-order valence-electron chi connectivity index (χ4n) is 1.17. The maximum Gasteiger partial charge on any atom is 0.335 e. The van der Waals surface area contributed by atoms with Gasteiger partial charge in [-0.3, -0.25) is 4.79 Å². The van der Waals surface area contributed by atoms with Gasteiger partial charge in [0.2, 0.25) is 5.91 Å². The number of aromatic carboxylic acids is 1. The molecule has 6 heteroatoms. The Morgan fingerprint density at radius 3 is 2.65 bits per heavy atom. The predicted molar refractivity (Wildman–Crippen MR) is 66.7 cm³/mol. The van der Waals surface area contributed by atoms with Crippen molar-refractivity contribution < 1.29 is 19.8 Å². The summed E-state index contributed by atoms with van der Waals surface area (Å²) in [6, 6.07) is 3.71. The number of rotatable bonds is 4. The molecule has 17 heavy (non-hydrogen) atoms. The molecule has 0 bridgehead atoms. The molecule has 0 spiro atoms. The molecule has 0 fully saturated rings. The fraction of sp³-hybridized carbons (Fsp3) is 0.273. The Bertz CT molecular complexity index is 447. The molecule has 1 rings (SSSR count). The lowest BCUT2D eigenvalue weighted by atomic mass is 10.2. The van der Waals surface area contributed by atoms with Gasteiger partial charge in [-0.05, 0) is 24.6 Å². The molecule has 0 aliphatic rings. The number of amides is 1. The number of anilines is 1. The number of carbonyl (C=O) groups excluding carboxylic acids is 1. The highest BCUT2D eigenvalue weighted by Gasteiger charge is 2.15. The van der Waals surface area contributed by atoms with Crippen molar-refractivity contribution in [3.05, 3.63) is 23.8 Å². The maximum atomic E-state index is 11.6. The van der Waals surface area contributed by atoms with Crippen molar-refractivity contribution in [2.45, 2.75) is 18.2 Å². The van der Waals surface area contributed by atoms with Crippen LogP contribution in [0.25, 0.3) is 0 Å². The van der Waals surface area contributed by atoms with Crippen LogP contribution < -0.4 is 5.32 Å². The Kier molecular flexibility index (Phi) is 4.51. The summed E-state index contributed by atoms with van der Waals surface area (Å²) in [5, 5.41) is 20.7. The van der Waals surface area contributed by atoms with Crippen molar-refractivity contribution in [3.63, 3.8) is 0 Å². The van der Waals surface area contributed by atoms with Crippen LogP contribution in [-0.4, -0.2) is 26.9 Å². The highest BCUT2D eigenvalue weighted by molar-refractivity contribution is 9.10. The van der Waals surface area contributed by atoms with E-state index in [9.17, 15) is 14.7 Å². The van der Waals surface area contributed by atoms with Crippen LogP contribution in [0.3, 0.4) is 0 Å². The zero-order valence-corrected chi connectivity index (χ0v) is 10.7. The summed E-state index contributed by atoms with van der Waals surface area (Å²) in [4.78, 5) is 21.9. The number of aromatic hydroxyl groups is 1. The topological polar surface area (TPSA) is 86.6 Å². The predicted octanol–water partition coefficient (Wildman–Crippen LogP) is 2.20. The van der Waals surface area contributed by atoms with E-state index in [-0.39, 0.29) is 27.7 Å². The second-order valence-corrected chi connectivity index (χ2v) is 4.51. The van der Waals surface area contributed by atoms with Crippen LogP contribution >= 0.6 is 15.9 Å². The van der Waals surface area contributed by atoms with E-state index < -0.39 is 5.97 Å². The second-order valence-electron chi connectivity index (χ2n) is 3.40. The van der Waals surface area contributed by atoms with E-state index in [2.05, 4.69) is 21.2 Å². The van der Waals surface area contributed by atoms with Crippen LogP contribution in [0.5, 0.6) is 5.75 Å². The lowest BCUT2D eigenvalue weighted by Gasteiger charge is -2.10. The number of carboxylic acids is 1. The van der Waals surface area contributed by atoms with Gasteiger partial charge in [0.1, 0.15) is 5.75 Å². The SMILES string of the molecule is CCC(Br)C(=O)Nc1cc(C(=O)O)ccc1O. The van der Waals surface area contributed by atoms with E-state index in [1.54, 1.807) is 0 Å². The third kappa shape index (κ3) is 3.45. The van der Waals surface area contributed by atoms with Crippen LogP contribution in [0.1, 0.15) is 23.7 Å². The Hall–Kier alpha value is -1.56. The summed E-state index contributed by atoms with van der Waals surface area (Å²) < 4.78 is 0. The zero-order valence-electron chi connectivity index (χ0n) is 9.11. The summed E-state index contributed by atoms with van der Waals surface area (Å²) in [6.45, 7) is 1.83. The minimum atomic E-state index is -1.12. The maximum absolute atomic E-state index is 11.6. The molecule has 1 atom stereocenters. The summed E-state index contributed by atoms with van der Waals surface area (Å²) in [7, 11) is 0. The van der Waals surface area contributed by atoms with Crippen LogP contribution in [0.2, 0.25) is 0 Å². The van der Waals surface area contributed by atoms with Crippen molar-refractivity contribution >= 4 is 33.5 Å². The van der Waals surface area contributed by atoms with Crippen molar-refractivity contribution in [1.29, 1.82) is 0 Å². The van der Waals surface area contributed by atoms with Crippen molar-refractivity contribution in [2.75, 3.05) is 5.32 Å². The second kappa shape index (κ2) is 5.67. The zero-order chi connectivity index (χ0) is 13.0. The Labute approximate surface area is 107 Å². The summed E-state index contributed by atoms with van der Waals surface area (Å²) in [6.07, 6.45) is 0.589. The summed E-state index contributed by atoms with van der Waals surface area (Å²) >= 11 is 3.16. The van der Waals surface area contributed by atoms with Gasteiger partial charge in [0.15, 0.2) is 0 Å². The van der Waals surface area contributed by atoms with Gasteiger partial charge in [-0.25, -0.2) is 4.79 Å².